The molecule has 4 aliphatic rings. The molecule has 1 saturated heterocycles. The Morgan fingerprint density at radius 3 is 2.89 bits per heavy atom. The van der Waals surface area contributed by atoms with Crippen LogP contribution in [0, 0.1) is 0 Å². The number of allylic oxidation sites excluding steroid dienone is 1. The maximum absolute atomic E-state index is 12.9. The van der Waals surface area contributed by atoms with Crippen LogP contribution in [0.1, 0.15) is 54.6 Å². The fraction of sp³-hybridized carbons (Fsp3) is 0.545. The lowest BCUT2D eigenvalue weighted by atomic mass is 9.49. The predicted molar refractivity (Wildman–Crippen MR) is 103 cm³/mol. The number of benzene rings is 1. The van der Waals surface area contributed by atoms with Gasteiger partial charge in [0.1, 0.15) is 5.75 Å². The van der Waals surface area contributed by atoms with Crippen LogP contribution in [0.2, 0.25) is 0 Å². The Bertz CT molecular complexity index is 935. The number of ketones is 1. The number of rotatable bonds is 3. The molecule has 1 aromatic carbocycles. The molecule has 4 atom stereocenters. The molecule has 2 bridgehead atoms. The molecule has 0 radical (unpaired) electrons. The van der Waals surface area contributed by atoms with Crippen LogP contribution in [-0.2, 0) is 16.6 Å². The highest BCUT2D eigenvalue weighted by molar-refractivity contribution is 5.98. The zero-order valence-electron chi connectivity index (χ0n) is 16.3. The summed E-state index contributed by atoms with van der Waals surface area (Å²) in [5.41, 5.74) is 7.24. The average Bonchev–Trinajstić information content (AvgIpc) is 2.98. The third kappa shape index (κ3) is 2.00. The van der Waals surface area contributed by atoms with Crippen molar-refractivity contribution in [2.24, 2.45) is 5.73 Å². The van der Waals surface area contributed by atoms with Crippen molar-refractivity contribution >= 4 is 11.7 Å². The summed E-state index contributed by atoms with van der Waals surface area (Å²) < 4.78 is 6.14. The number of nitrogens with zero attached hydrogens (tertiary/aromatic N) is 1. The smallest absolute Gasteiger partial charge is 0.252 e. The fourth-order valence-corrected chi connectivity index (χ4v) is 6.14. The van der Waals surface area contributed by atoms with E-state index in [1.165, 1.54) is 5.57 Å². The molecule has 5 rings (SSSR count). The number of ether oxygens (including phenoxy) is 1. The van der Waals surface area contributed by atoms with Gasteiger partial charge in [-0.15, -0.1) is 0 Å². The van der Waals surface area contributed by atoms with Gasteiger partial charge in [0.25, 0.3) is 5.91 Å². The summed E-state index contributed by atoms with van der Waals surface area (Å²) in [6.07, 6.45) is 3.51. The van der Waals surface area contributed by atoms with Crippen LogP contribution < -0.4 is 10.5 Å². The molecule has 1 saturated carbocycles. The van der Waals surface area contributed by atoms with Crippen molar-refractivity contribution in [3.8, 4) is 5.75 Å². The minimum Gasteiger partial charge on any atom is -0.480 e. The number of nitrogens with two attached hydrogens (primary N) is 1. The van der Waals surface area contributed by atoms with E-state index in [9.17, 15) is 14.7 Å². The molecule has 0 unspecified atom stereocenters. The van der Waals surface area contributed by atoms with Gasteiger partial charge in [0.05, 0.1) is 16.6 Å². The van der Waals surface area contributed by atoms with Gasteiger partial charge in [-0.25, -0.2) is 0 Å². The van der Waals surface area contributed by atoms with Crippen LogP contribution in [0.5, 0.6) is 5.75 Å². The van der Waals surface area contributed by atoms with Crippen molar-refractivity contribution in [1.82, 2.24) is 4.90 Å². The maximum Gasteiger partial charge on any atom is 0.252 e. The largest absolute Gasteiger partial charge is 0.480 e. The van der Waals surface area contributed by atoms with E-state index in [1.54, 1.807) is 6.07 Å². The highest BCUT2D eigenvalue weighted by Gasteiger charge is 2.72. The van der Waals surface area contributed by atoms with Gasteiger partial charge in [-0.05, 0) is 44.7 Å². The summed E-state index contributed by atoms with van der Waals surface area (Å²) in [4.78, 5) is 27.2. The molecule has 2 aliphatic heterocycles. The normalized spacial score (nSPS) is 35.2. The summed E-state index contributed by atoms with van der Waals surface area (Å²) in [6.45, 7) is 5.72. The van der Waals surface area contributed by atoms with Crippen molar-refractivity contribution in [3.05, 3.63) is 40.5 Å². The van der Waals surface area contributed by atoms with Crippen molar-refractivity contribution in [3.63, 3.8) is 0 Å². The van der Waals surface area contributed by atoms with Gasteiger partial charge in [0.2, 0.25) is 0 Å². The highest BCUT2D eigenvalue weighted by Crippen LogP contribution is 2.63. The molecular weight excluding hydrogens is 356 g/mol. The zero-order chi connectivity index (χ0) is 19.8. The number of carbonyl (C=O) groups excluding carboxylic acids is 2. The second-order valence-corrected chi connectivity index (χ2v) is 8.95. The Kier molecular flexibility index (Phi) is 3.62. The number of aliphatic hydroxyl groups is 1. The molecular formula is C22H26N2O4. The third-order valence-corrected chi connectivity index (χ3v) is 7.39. The van der Waals surface area contributed by atoms with E-state index < -0.39 is 23.0 Å². The SMILES string of the molecule is CC(C)=CCN1CC[C@]23c4c5ccc(C(N)=O)c4O[C@H]2C(=O)CC[C@@]3(O)[C@H]1C5. The van der Waals surface area contributed by atoms with Gasteiger partial charge in [0.15, 0.2) is 11.9 Å². The number of piperidine rings is 1. The van der Waals surface area contributed by atoms with E-state index in [4.69, 9.17) is 10.5 Å². The van der Waals surface area contributed by atoms with Gasteiger partial charge in [-0.2, -0.15) is 0 Å². The second kappa shape index (κ2) is 5.67. The van der Waals surface area contributed by atoms with Crippen molar-refractivity contribution in [1.29, 1.82) is 0 Å². The molecule has 1 amide bonds. The lowest BCUT2D eigenvalue weighted by Gasteiger charge is -2.62. The van der Waals surface area contributed by atoms with Gasteiger partial charge in [-0.1, -0.05) is 17.7 Å². The Morgan fingerprint density at radius 2 is 2.18 bits per heavy atom. The Morgan fingerprint density at radius 1 is 1.39 bits per heavy atom. The first-order valence-electron chi connectivity index (χ1n) is 10.0. The lowest BCUT2D eigenvalue weighted by Crippen LogP contribution is -2.76. The molecule has 3 N–H and O–H groups in total. The first-order valence-corrected chi connectivity index (χ1v) is 10.0. The topological polar surface area (TPSA) is 92.9 Å². The highest BCUT2D eigenvalue weighted by atomic mass is 16.5. The molecule has 28 heavy (non-hydrogen) atoms. The minimum absolute atomic E-state index is 0.0145. The van der Waals surface area contributed by atoms with E-state index in [1.807, 2.05) is 6.07 Å². The van der Waals surface area contributed by atoms with Crippen molar-refractivity contribution in [2.75, 3.05) is 13.1 Å². The van der Waals surface area contributed by atoms with Crippen LogP contribution >= 0.6 is 0 Å². The van der Waals surface area contributed by atoms with Crippen LogP contribution in [0.25, 0.3) is 0 Å². The van der Waals surface area contributed by atoms with E-state index in [2.05, 4.69) is 24.8 Å². The monoisotopic (exact) mass is 382 g/mol. The summed E-state index contributed by atoms with van der Waals surface area (Å²) in [7, 11) is 0. The number of Topliss-reactive ketones (excluding diaryl/α,β-unsaturated/α-hetero) is 1. The number of amides is 1. The molecule has 2 fully saturated rings. The zero-order valence-corrected chi connectivity index (χ0v) is 16.3. The molecule has 1 spiro atoms. The summed E-state index contributed by atoms with van der Waals surface area (Å²) in [5, 5.41) is 12.1. The van der Waals surface area contributed by atoms with E-state index in [-0.39, 0.29) is 11.8 Å². The number of carbonyl (C=O) groups is 2. The van der Waals surface area contributed by atoms with Crippen molar-refractivity contribution in [2.45, 2.75) is 62.7 Å². The molecule has 6 nitrogen and oxygen atoms in total. The Labute approximate surface area is 164 Å². The van der Waals surface area contributed by atoms with Crippen molar-refractivity contribution < 1.29 is 19.4 Å². The molecule has 0 aromatic heterocycles. The molecule has 148 valence electrons. The average molecular weight is 382 g/mol. The quantitative estimate of drug-likeness (QED) is 0.773. The van der Waals surface area contributed by atoms with Crippen LogP contribution in [-0.4, -0.2) is 52.5 Å². The molecule has 6 heteroatoms. The Hall–Kier alpha value is -2.18. The van der Waals surface area contributed by atoms with Crippen LogP contribution in [0.15, 0.2) is 23.8 Å². The second-order valence-electron chi connectivity index (χ2n) is 8.95. The first-order chi connectivity index (χ1) is 13.3. The first kappa shape index (κ1) is 17.9. The van der Waals surface area contributed by atoms with Gasteiger partial charge >= 0.3 is 0 Å². The Balaban J connectivity index is 1.72. The number of primary amides is 1. The fourth-order valence-electron chi connectivity index (χ4n) is 6.14. The molecule has 2 heterocycles. The summed E-state index contributed by atoms with van der Waals surface area (Å²) >= 11 is 0. The predicted octanol–water partition coefficient (Wildman–Crippen LogP) is 1.47. The van der Waals surface area contributed by atoms with Gasteiger partial charge in [0, 0.05) is 31.1 Å². The molecule has 2 aliphatic carbocycles. The molecule has 1 aromatic rings. The van der Waals surface area contributed by atoms with Gasteiger partial charge in [-0.3, -0.25) is 14.5 Å². The standard InChI is InChI=1S/C22H26N2O4/c1-12(2)6-9-24-10-8-21-17-13-3-4-14(20(23)26)18(17)28-19(21)15(25)5-7-22(21,27)16(24)11-13/h3-4,6,16,19,27H,5,7-11H2,1-2H3,(H2,23,26)/t16-,19+,21+,22-/m1/s1. The maximum atomic E-state index is 12.9. The number of hydrogen-bond donors (Lipinski definition) is 2. The van der Waals surface area contributed by atoms with Crippen LogP contribution in [0.4, 0.5) is 0 Å². The van der Waals surface area contributed by atoms with E-state index in [0.717, 1.165) is 24.2 Å². The van der Waals surface area contributed by atoms with E-state index in [0.29, 0.717) is 37.0 Å². The third-order valence-electron chi connectivity index (χ3n) is 7.39. The summed E-state index contributed by atoms with van der Waals surface area (Å²) in [5.74, 6) is -0.118. The summed E-state index contributed by atoms with van der Waals surface area (Å²) in [6, 6.07) is 3.56. The minimum atomic E-state index is -1.05. The van der Waals surface area contributed by atoms with Crippen LogP contribution in [0.3, 0.4) is 0 Å². The lowest BCUT2D eigenvalue weighted by molar-refractivity contribution is -0.187. The number of hydrogen-bond acceptors (Lipinski definition) is 5. The number of likely N-dealkylation sites (tertiary alicyclic amines) is 1. The van der Waals surface area contributed by atoms with E-state index >= 15 is 0 Å². The van der Waals surface area contributed by atoms with Gasteiger partial charge < -0.3 is 15.6 Å².